The maximum absolute atomic E-state index is 12.6. The zero-order valence-corrected chi connectivity index (χ0v) is 18.7. The third-order valence-electron chi connectivity index (χ3n) is 4.71. The number of anilines is 2. The standard InChI is InChI=1S/C21H25ClN4O4S/c1-2-3-16(24-21(29)25-18-9-8-17(22)31-18)20(28)23-12-14-4-6-15(7-5-14)26-10-11-30-13-19(26)27/h4-9,16H,2-3,10-13H2,1H3,(H,23,28)(H2,24,25,29)/t16-/m1/s1. The molecule has 1 aliphatic rings. The van der Waals surface area contributed by atoms with Gasteiger partial charge in [-0.25, -0.2) is 4.79 Å². The number of nitrogens with one attached hydrogen (secondary N) is 3. The van der Waals surface area contributed by atoms with Crippen LogP contribution in [0.3, 0.4) is 0 Å². The quantitative estimate of drug-likeness (QED) is 0.557. The Morgan fingerprint density at radius 1 is 1.23 bits per heavy atom. The minimum atomic E-state index is -0.648. The number of rotatable bonds is 8. The van der Waals surface area contributed by atoms with Gasteiger partial charge < -0.3 is 20.3 Å². The molecule has 2 heterocycles. The number of carbonyl (C=O) groups excluding carboxylic acids is 3. The zero-order valence-electron chi connectivity index (χ0n) is 17.2. The molecule has 0 bridgehead atoms. The van der Waals surface area contributed by atoms with Crippen molar-refractivity contribution >= 4 is 51.5 Å². The molecule has 1 aliphatic heterocycles. The predicted molar refractivity (Wildman–Crippen MR) is 122 cm³/mol. The number of carbonyl (C=O) groups is 3. The van der Waals surface area contributed by atoms with Gasteiger partial charge in [-0.2, -0.15) is 0 Å². The van der Waals surface area contributed by atoms with E-state index in [4.69, 9.17) is 16.3 Å². The zero-order chi connectivity index (χ0) is 22.2. The molecular formula is C21H25ClN4O4S. The first-order valence-electron chi connectivity index (χ1n) is 10.0. The molecule has 166 valence electrons. The SMILES string of the molecule is CCC[C@@H](NC(=O)Nc1ccc(Cl)s1)C(=O)NCc1ccc(N2CCOCC2=O)cc1. The van der Waals surface area contributed by atoms with Crippen LogP contribution >= 0.6 is 22.9 Å². The van der Waals surface area contributed by atoms with Gasteiger partial charge in [0.05, 0.1) is 15.9 Å². The van der Waals surface area contributed by atoms with Gasteiger partial charge in [0.15, 0.2) is 0 Å². The van der Waals surface area contributed by atoms with E-state index in [-0.39, 0.29) is 18.4 Å². The molecule has 3 rings (SSSR count). The van der Waals surface area contributed by atoms with E-state index < -0.39 is 12.1 Å². The number of morpholine rings is 1. The first-order valence-corrected chi connectivity index (χ1v) is 11.2. The van der Waals surface area contributed by atoms with Gasteiger partial charge in [0.1, 0.15) is 12.6 Å². The van der Waals surface area contributed by atoms with E-state index in [1.165, 1.54) is 11.3 Å². The van der Waals surface area contributed by atoms with Crippen LogP contribution < -0.4 is 20.9 Å². The summed E-state index contributed by atoms with van der Waals surface area (Å²) in [6, 6.07) is 9.74. The second kappa shape index (κ2) is 11.1. The van der Waals surface area contributed by atoms with Crippen molar-refractivity contribution in [2.45, 2.75) is 32.4 Å². The van der Waals surface area contributed by atoms with Crippen molar-refractivity contribution < 1.29 is 19.1 Å². The molecule has 10 heteroatoms. The summed E-state index contributed by atoms with van der Waals surface area (Å²) in [6.07, 6.45) is 1.26. The summed E-state index contributed by atoms with van der Waals surface area (Å²) in [4.78, 5) is 38.5. The third-order valence-corrected chi connectivity index (χ3v) is 5.86. The summed E-state index contributed by atoms with van der Waals surface area (Å²) in [5, 5.41) is 8.87. The largest absolute Gasteiger partial charge is 0.370 e. The summed E-state index contributed by atoms with van der Waals surface area (Å²) in [5.74, 6) is -0.322. The van der Waals surface area contributed by atoms with Gasteiger partial charge in [-0.3, -0.25) is 14.9 Å². The average Bonchev–Trinajstić information content (AvgIpc) is 3.17. The molecule has 1 saturated heterocycles. The van der Waals surface area contributed by atoms with E-state index in [1.807, 2.05) is 31.2 Å². The smallest absolute Gasteiger partial charge is 0.320 e. The van der Waals surface area contributed by atoms with Crippen LogP contribution in [0.1, 0.15) is 25.3 Å². The minimum Gasteiger partial charge on any atom is -0.370 e. The topological polar surface area (TPSA) is 99.8 Å². The highest BCUT2D eigenvalue weighted by atomic mass is 35.5. The lowest BCUT2D eigenvalue weighted by molar-refractivity contribution is -0.125. The van der Waals surface area contributed by atoms with E-state index in [1.54, 1.807) is 17.0 Å². The van der Waals surface area contributed by atoms with Gasteiger partial charge in [0.2, 0.25) is 5.91 Å². The van der Waals surface area contributed by atoms with Gasteiger partial charge >= 0.3 is 6.03 Å². The molecular weight excluding hydrogens is 440 g/mol. The Kier molecular flexibility index (Phi) is 8.27. The van der Waals surface area contributed by atoms with Crippen molar-refractivity contribution in [1.82, 2.24) is 10.6 Å². The van der Waals surface area contributed by atoms with Crippen LogP contribution in [0.5, 0.6) is 0 Å². The second-order valence-corrected chi connectivity index (χ2v) is 8.74. The molecule has 31 heavy (non-hydrogen) atoms. The van der Waals surface area contributed by atoms with Crippen molar-refractivity contribution in [2.75, 3.05) is 30.0 Å². The van der Waals surface area contributed by atoms with Crippen molar-refractivity contribution in [1.29, 1.82) is 0 Å². The fraction of sp³-hybridized carbons (Fsp3) is 0.381. The highest BCUT2D eigenvalue weighted by molar-refractivity contribution is 7.20. The summed E-state index contributed by atoms with van der Waals surface area (Å²) in [5.41, 5.74) is 1.70. The number of urea groups is 1. The Morgan fingerprint density at radius 3 is 2.65 bits per heavy atom. The molecule has 8 nitrogen and oxygen atoms in total. The van der Waals surface area contributed by atoms with Crippen LogP contribution in [0.4, 0.5) is 15.5 Å². The molecule has 1 atom stereocenters. The fourth-order valence-electron chi connectivity index (χ4n) is 3.14. The van der Waals surface area contributed by atoms with E-state index in [0.717, 1.165) is 17.7 Å². The lowest BCUT2D eigenvalue weighted by Gasteiger charge is -2.27. The second-order valence-electron chi connectivity index (χ2n) is 7.03. The van der Waals surface area contributed by atoms with Gasteiger partial charge in [0, 0.05) is 18.8 Å². The Hall–Kier alpha value is -2.62. The molecule has 2 aromatic rings. The van der Waals surface area contributed by atoms with Crippen molar-refractivity contribution in [3.63, 3.8) is 0 Å². The average molecular weight is 465 g/mol. The number of ether oxygens (including phenoxy) is 1. The van der Waals surface area contributed by atoms with E-state index in [9.17, 15) is 14.4 Å². The lowest BCUT2D eigenvalue weighted by atomic mass is 10.1. The molecule has 1 aromatic heterocycles. The van der Waals surface area contributed by atoms with Crippen LogP contribution in [0, 0.1) is 0 Å². The molecule has 0 spiro atoms. The molecule has 0 radical (unpaired) electrons. The number of amides is 4. The number of nitrogens with zero attached hydrogens (tertiary/aromatic N) is 1. The summed E-state index contributed by atoms with van der Waals surface area (Å²) >= 11 is 7.11. The van der Waals surface area contributed by atoms with E-state index in [2.05, 4.69) is 16.0 Å². The van der Waals surface area contributed by atoms with Crippen LogP contribution in [0.15, 0.2) is 36.4 Å². The summed E-state index contributed by atoms with van der Waals surface area (Å²) in [7, 11) is 0. The van der Waals surface area contributed by atoms with E-state index in [0.29, 0.717) is 35.5 Å². The Labute approximate surface area is 189 Å². The van der Waals surface area contributed by atoms with Crippen LogP contribution in [-0.2, 0) is 20.9 Å². The number of benzene rings is 1. The molecule has 0 aliphatic carbocycles. The number of hydrogen-bond donors (Lipinski definition) is 3. The van der Waals surface area contributed by atoms with Gasteiger partial charge in [0.25, 0.3) is 5.91 Å². The first kappa shape index (κ1) is 23.1. The van der Waals surface area contributed by atoms with Crippen molar-refractivity contribution in [2.24, 2.45) is 0 Å². The van der Waals surface area contributed by atoms with Crippen LogP contribution in [0.25, 0.3) is 0 Å². The van der Waals surface area contributed by atoms with Gasteiger partial charge in [-0.1, -0.05) is 37.1 Å². The fourth-order valence-corrected chi connectivity index (χ4v) is 4.08. The molecule has 0 saturated carbocycles. The normalized spacial score (nSPS) is 14.8. The predicted octanol–water partition coefficient (Wildman–Crippen LogP) is 3.37. The van der Waals surface area contributed by atoms with Crippen LogP contribution in [-0.4, -0.2) is 43.6 Å². The van der Waals surface area contributed by atoms with Crippen LogP contribution in [0.2, 0.25) is 4.34 Å². The molecule has 0 unspecified atom stereocenters. The van der Waals surface area contributed by atoms with Gasteiger partial charge in [-0.15, -0.1) is 11.3 Å². The van der Waals surface area contributed by atoms with Crippen molar-refractivity contribution in [3.8, 4) is 0 Å². The van der Waals surface area contributed by atoms with Gasteiger partial charge in [-0.05, 0) is 36.2 Å². The third kappa shape index (κ3) is 6.68. The minimum absolute atomic E-state index is 0.0659. The van der Waals surface area contributed by atoms with E-state index >= 15 is 0 Å². The molecule has 3 N–H and O–H groups in total. The van der Waals surface area contributed by atoms with Crippen molar-refractivity contribution in [3.05, 3.63) is 46.3 Å². The Balaban J connectivity index is 1.52. The highest BCUT2D eigenvalue weighted by Crippen LogP contribution is 2.25. The maximum Gasteiger partial charge on any atom is 0.320 e. The Bertz CT molecular complexity index is 918. The lowest BCUT2D eigenvalue weighted by Crippen LogP contribution is -2.47. The Morgan fingerprint density at radius 2 is 2.00 bits per heavy atom. The number of halogens is 1. The molecule has 1 fully saturated rings. The maximum atomic E-state index is 12.6. The monoisotopic (exact) mass is 464 g/mol. The first-order chi connectivity index (χ1) is 15.0. The summed E-state index contributed by atoms with van der Waals surface area (Å²) < 4.78 is 5.72. The molecule has 4 amide bonds. The summed E-state index contributed by atoms with van der Waals surface area (Å²) in [6.45, 7) is 3.41. The number of thiophene rings is 1. The highest BCUT2D eigenvalue weighted by Gasteiger charge is 2.21. The molecule has 1 aromatic carbocycles. The number of hydrogen-bond acceptors (Lipinski definition) is 5.